The topological polar surface area (TPSA) is 46.5 Å². The highest BCUT2D eigenvalue weighted by molar-refractivity contribution is 8.00. The molecular weight excluding hydrogens is 447 g/mol. The fraction of sp³-hybridized carbons (Fsp3) is 0.759. The van der Waals surface area contributed by atoms with E-state index >= 15 is 0 Å². The van der Waals surface area contributed by atoms with E-state index < -0.39 is 5.60 Å². The molecule has 0 bridgehead atoms. The largest absolute Gasteiger partial charge is 0.387 e. The van der Waals surface area contributed by atoms with Crippen LogP contribution in [0.2, 0.25) is 0 Å². The zero-order valence-electron chi connectivity index (χ0n) is 21.0. The third kappa shape index (κ3) is 4.18. The van der Waals surface area contributed by atoms with E-state index in [9.17, 15) is 14.3 Å². The Kier molecular flexibility index (Phi) is 6.70. The molecule has 4 aliphatic rings. The van der Waals surface area contributed by atoms with Gasteiger partial charge in [-0.3, -0.25) is 4.79 Å². The van der Waals surface area contributed by atoms with Gasteiger partial charge in [0.05, 0.1) is 18.0 Å². The van der Waals surface area contributed by atoms with Gasteiger partial charge in [-0.15, -0.1) is 11.8 Å². The van der Waals surface area contributed by atoms with Gasteiger partial charge in [-0.1, -0.05) is 13.8 Å². The standard InChI is InChI=1S/C29H41FO3S/c1-27-14-15-29(32,18-33-3)16-19(27)4-9-22-23-10-11-25(28(23,2)13-12-24(22)27)26(31)17-34-21-7-5-20(30)6-8-21/h5-8,19,22-25,32H,4,9-18H2,1-3H3/t19-,22-,23-,24-,25+,27-,28-,29+/m0/s1. The van der Waals surface area contributed by atoms with E-state index in [2.05, 4.69) is 13.8 Å². The minimum absolute atomic E-state index is 0.121. The van der Waals surface area contributed by atoms with Crippen molar-refractivity contribution in [3.05, 3.63) is 30.1 Å². The van der Waals surface area contributed by atoms with Crippen molar-refractivity contribution in [2.24, 2.45) is 40.4 Å². The predicted molar refractivity (Wildman–Crippen MR) is 134 cm³/mol. The Balaban J connectivity index is 1.27. The number of hydrogen-bond donors (Lipinski definition) is 1. The lowest BCUT2D eigenvalue weighted by molar-refractivity contribution is -0.163. The quantitative estimate of drug-likeness (QED) is 0.463. The van der Waals surface area contributed by atoms with Gasteiger partial charge in [-0.25, -0.2) is 4.39 Å². The van der Waals surface area contributed by atoms with Crippen LogP contribution in [0.15, 0.2) is 29.2 Å². The lowest BCUT2D eigenvalue weighted by Gasteiger charge is -2.62. The highest BCUT2D eigenvalue weighted by Gasteiger charge is 2.62. The van der Waals surface area contributed by atoms with Crippen molar-refractivity contribution in [1.82, 2.24) is 0 Å². The lowest BCUT2D eigenvalue weighted by Crippen LogP contribution is -2.56. The lowest BCUT2D eigenvalue weighted by atomic mass is 9.44. The summed E-state index contributed by atoms with van der Waals surface area (Å²) in [5.41, 5.74) is -0.219. The van der Waals surface area contributed by atoms with Crippen LogP contribution in [-0.2, 0) is 9.53 Å². The summed E-state index contributed by atoms with van der Waals surface area (Å²) >= 11 is 1.55. The second-order valence-electron chi connectivity index (χ2n) is 12.4. The first kappa shape index (κ1) is 24.8. The number of thioether (sulfide) groups is 1. The van der Waals surface area contributed by atoms with Gasteiger partial charge in [0.1, 0.15) is 11.6 Å². The van der Waals surface area contributed by atoms with Gasteiger partial charge in [-0.05, 0) is 117 Å². The number of hydrogen-bond acceptors (Lipinski definition) is 4. The Morgan fingerprint density at radius 1 is 1.03 bits per heavy atom. The number of benzene rings is 1. The molecule has 0 heterocycles. The zero-order valence-corrected chi connectivity index (χ0v) is 21.8. The molecule has 34 heavy (non-hydrogen) atoms. The van der Waals surface area contributed by atoms with Crippen molar-refractivity contribution in [2.75, 3.05) is 19.5 Å². The average Bonchev–Trinajstić information content (AvgIpc) is 3.16. The van der Waals surface area contributed by atoms with Gasteiger partial charge in [0.2, 0.25) is 0 Å². The molecule has 0 saturated heterocycles. The molecule has 5 rings (SSSR count). The molecule has 188 valence electrons. The van der Waals surface area contributed by atoms with Gasteiger partial charge >= 0.3 is 0 Å². The van der Waals surface area contributed by atoms with E-state index in [1.54, 1.807) is 31.0 Å². The Morgan fingerprint density at radius 3 is 2.50 bits per heavy atom. The summed E-state index contributed by atoms with van der Waals surface area (Å²) in [5, 5.41) is 11.1. The fourth-order valence-electron chi connectivity index (χ4n) is 9.04. The van der Waals surface area contributed by atoms with Gasteiger partial charge in [0, 0.05) is 17.9 Å². The summed E-state index contributed by atoms with van der Waals surface area (Å²) in [6, 6.07) is 6.49. The molecule has 4 saturated carbocycles. The number of carbonyl (C=O) groups is 1. The summed E-state index contributed by atoms with van der Waals surface area (Å²) in [4.78, 5) is 14.4. The van der Waals surface area contributed by atoms with Gasteiger partial charge in [0.25, 0.3) is 0 Å². The van der Waals surface area contributed by atoms with E-state index in [-0.39, 0.29) is 17.2 Å². The normalized spacial score (nSPS) is 43.6. The van der Waals surface area contributed by atoms with E-state index in [0.717, 1.165) is 48.8 Å². The van der Waals surface area contributed by atoms with Crippen LogP contribution >= 0.6 is 11.8 Å². The number of halogens is 1. The predicted octanol–water partition coefficient (Wildman–Crippen LogP) is 6.52. The van der Waals surface area contributed by atoms with Crippen LogP contribution in [0, 0.1) is 46.2 Å². The number of Topliss-reactive ketones (excluding diaryl/α,β-unsaturated/α-hetero) is 1. The second-order valence-corrected chi connectivity index (χ2v) is 13.5. The summed E-state index contributed by atoms with van der Waals surface area (Å²) in [6.07, 6.45) is 9.87. The van der Waals surface area contributed by atoms with Crippen molar-refractivity contribution >= 4 is 17.5 Å². The SMILES string of the molecule is COC[C@@]1(O)CC[C@@]2(C)[C@@H](CC[C@@H]3[C@@H]2CC[C@]2(C)[C@@H](C(=O)CSc4ccc(F)cc4)CC[C@@H]32)C1. The minimum atomic E-state index is -0.651. The fourth-order valence-corrected chi connectivity index (χ4v) is 9.88. The van der Waals surface area contributed by atoms with Crippen LogP contribution in [0.3, 0.4) is 0 Å². The Morgan fingerprint density at radius 2 is 1.76 bits per heavy atom. The Labute approximate surface area is 208 Å². The third-order valence-corrected chi connectivity index (χ3v) is 11.9. The first-order valence-corrected chi connectivity index (χ1v) is 14.3. The van der Waals surface area contributed by atoms with Gasteiger partial charge in [-0.2, -0.15) is 0 Å². The van der Waals surface area contributed by atoms with Crippen LogP contribution in [0.5, 0.6) is 0 Å². The maximum atomic E-state index is 13.4. The average molecular weight is 489 g/mol. The molecule has 0 amide bonds. The number of ether oxygens (including phenoxy) is 1. The molecule has 1 N–H and O–H groups in total. The first-order valence-electron chi connectivity index (χ1n) is 13.3. The Hall–Kier alpha value is -0.910. The Bertz CT molecular complexity index is 905. The number of rotatable bonds is 6. The van der Waals surface area contributed by atoms with Gasteiger partial charge in [0.15, 0.2) is 0 Å². The summed E-state index contributed by atoms with van der Waals surface area (Å²) < 4.78 is 18.6. The highest BCUT2D eigenvalue weighted by Crippen LogP contribution is 2.68. The van der Waals surface area contributed by atoms with Crippen LogP contribution in [-0.4, -0.2) is 36.0 Å². The van der Waals surface area contributed by atoms with Crippen molar-refractivity contribution in [3.63, 3.8) is 0 Å². The minimum Gasteiger partial charge on any atom is -0.387 e. The number of methoxy groups -OCH3 is 1. The highest BCUT2D eigenvalue weighted by atomic mass is 32.2. The van der Waals surface area contributed by atoms with Crippen LogP contribution < -0.4 is 0 Å². The molecule has 1 aromatic carbocycles. The van der Waals surface area contributed by atoms with Crippen LogP contribution in [0.4, 0.5) is 4.39 Å². The smallest absolute Gasteiger partial charge is 0.146 e. The van der Waals surface area contributed by atoms with Crippen molar-refractivity contribution in [1.29, 1.82) is 0 Å². The molecule has 0 spiro atoms. The van der Waals surface area contributed by atoms with Gasteiger partial charge < -0.3 is 9.84 Å². The molecule has 0 aromatic heterocycles. The molecule has 5 heteroatoms. The van der Waals surface area contributed by atoms with Crippen LogP contribution in [0.1, 0.15) is 71.6 Å². The molecular formula is C29H41FO3S. The molecule has 0 aliphatic heterocycles. The first-order chi connectivity index (χ1) is 16.2. The monoisotopic (exact) mass is 488 g/mol. The van der Waals surface area contributed by atoms with Crippen molar-refractivity contribution in [2.45, 2.75) is 82.1 Å². The second kappa shape index (κ2) is 9.19. The third-order valence-electron chi connectivity index (χ3n) is 10.8. The molecule has 0 unspecified atom stereocenters. The van der Waals surface area contributed by atoms with E-state index in [1.165, 1.54) is 37.8 Å². The van der Waals surface area contributed by atoms with Crippen LogP contribution in [0.25, 0.3) is 0 Å². The van der Waals surface area contributed by atoms with E-state index in [1.807, 2.05) is 0 Å². The zero-order chi connectivity index (χ0) is 24.1. The number of fused-ring (bicyclic) bond motifs is 5. The number of ketones is 1. The molecule has 4 aliphatic carbocycles. The van der Waals surface area contributed by atoms with E-state index in [4.69, 9.17) is 4.74 Å². The maximum Gasteiger partial charge on any atom is 0.146 e. The number of aliphatic hydroxyl groups is 1. The van der Waals surface area contributed by atoms with Crippen molar-refractivity contribution in [3.8, 4) is 0 Å². The molecule has 3 nitrogen and oxygen atoms in total. The molecule has 4 fully saturated rings. The maximum absolute atomic E-state index is 13.4. The molecule has 1 aromatic rings. The van der Waals surface area contributed by atoms with Crippen molar-refractivity contribution < 1.29 is 19.0 Å². The molecule has 8 atom stereocenters. The molecule has 0 radical (unpaired) electrons. The summed E-state index contributed by atoms with van der Waals surface area (Å²) in [7, 11) is 1.70. The number of carbonyl (C=O) groups excluding carboxylic acids is 1. The van der Waals surface area contributed by atoms with E-state index in [0.29, 0.717) is 35.4 Å². The summed E-state index contributed by atoms with van der Waals surface area (Å²) in [6.45, 7) is 5.38. The summed E-state index contributed by atoms with van der Waals surface area (Å²) in [5.74, 6) is 3.48.